The summed E-state index contributed by atoms with van der Waals surface area (Å²) < 4.78 is 5.27. The van der Waals surface area contributed by atoms with Gasteiger partial charge in [-0.3, -0.25) is 4.79 Å². The van der Waals surface area contributed by atoms with E-state index in [9.17, 15) is 4.79 Å². The Labute approximate surface area is 133 Å². The van der Waals surface area contributed by atoms with Crippen LogP contribution < -0.4 is 10.1 Å². The summed E-state index contributed by atoms with van der Waals surface area (Å²) in [6.07, 6.45) is 0. The molecule has 1 amide bonds. The maximum Gasteiger partial charge on any atom is 0.255 e. The Kier molecular flexibility index (Phi) is 5.39. The van der Waals surface area contributed by atoms with Gasteiger partial charge in [0.2, 0.25) is 0 Å². The van der Waals surface area contributed by atoms with Crippen molar-refractivity contribution < 1.29 is 9.53 Å². The summed E-state index contributed by atoms with van der Waals surface area (Å²) in [5.74, 6) is 0.448. The maximum absolute atomic E-state index is 12.5. The smallest absolute Gasteiger partial charge is 0.255 e. The number of ether oxygens (including phenoxy) is 1. The highest BCUT2D eigenvalue weighted by Crippen LogP contribution is 2.22. The molecule has 0 aliphatic carbocycles. The minimum Gasteiger partial charge on any atom is -0.496 e. The molecule has 0 fully saturated rings. The monoisotopic (exact) mass is 347 g/mol. The fraction of sp³-hybridized carbons (Fsp3) is 0.235. The third-order valence-corrected chi connectivity index (χ3v) is 3.91. The number of carbonyl (C=O) groups excluding carboxylic acids is 1. The van der Waals surface area contributed by atoms with Crippen LogP contribution in [0.15, 0.2) is 48.5 Å². The predicted octanol–water partition coefficient (Wildman–Crippen LogP) is 3.87. The van der Waals surface area contributed by atoms with E-state index in [2.05, 4.69) is 21.2 Å². The van der Waals surface area contributed by atoms with Gasteiger partial charge in [-0.25, -0.2) is 0 Å². The van der Waals surface area contributed by atoms with E-state index >= 15 is 0 Å². The molecule has 0 saturated carbocycles. The number of alkyl halides is 1. The van der Waals surface area contributed by atoms with Crippen molar-refractivity contribution in [2.75, 3.05) is 12.4 Å². The number of amides is 1. The van der Waals surface area contributed by atoms with Crippen LogP contribution in [-0.2, 0) is 0 Å². The summed E-state index contributed by atoms with van der Waals surface area (Å²) in [5, 5.41) is 3.69. The highest BCUT2D eigenvalue weighted by Gasteiger charge is 2.17. The molecule has 1 atom stereocenters. The molecule has 2 rings (SSSR count). The highest BCUT2D eigenvalue weighted by atomic mass is 79.9. The normalized spacial score (nSPS) is 11.8. The minimum absolute atomic E-state index is 0.0797. The second kappa shape index (κ2) is 7.27. The third-order valence-electron chi connectivity index (χ3n) is 3.26. The van der Waals surface area contributed by atoms with Gasteiger partial charge < -0.3 is 10.1 Å². The van der Waals surface area contributed by atoms with Gasteiger partial charge in [-0.1, -0.05) is 57.9 Å². The van der Waals surface area contributed by atoms with E-state index in [0.717, 1.165) is 11.1 Å². The average Bonchev–Trinajstić information content (AvgIpc) is 2.53. The molecule has 0 radical (unpaired) electrons. The lowest BCUT2D eigenvalue weighted by Crippen LogP contribution is -2.29. The Morgan fingerprint density at radius 2 is 1.95 bits per heavy atom. The first-order valence-electron chi connectivity index (χ1n) is 6.72. The topological polar surface area (TPSA) is 38.3 Å². The van der Waals surface area contributed by atoms with Crippen LogP contribution >= 0.6 is 15.9 Å². The quantitative estimate of drug-likeness (QED) is 0.833. The first-order valence-corrected chi connectivity index (χ1v) is 7.84. The summed E-state index contributed by atoms with van der Waals surface area (Å²) in [7, 11) is 1.57. The van der Waals surface area contributed by atoms with E-state index in [1.807, 2.05) is 55.5 Å². The Morgan fingerprint density at radius 1 is 1.24 bits per heavy atom. The average molecular weight is 348 g/mol. The molecule has 0 aliphatic heterocycles. The van der Waals surface area contributed by atoms with Crippen LogP contribution in [0.25, 0.3) is 0 Å². The molecule has 0 heterocycles. The Hall–Kier alpha value is -1.81. The summed E-state index contributed by atoms with van der Waals surface area (Å²) in [6, 6.07) is 15.4. The number of hydrogen-bond donors (Lipinski definition) is 1. The van der Waals surface area contributed by atoms with E-state index in [1.54, 1.807) is 7.11 Å². The fourth-order valence-corrected chi connectivity index (χ4v) is 2.67. The molecule has 2 aromatic rings. The Morgan fingerprint density at radius 3 is 2.57 bits per heavy atom. The molecule has 1 N–H and O–H groups in total. The second-order valence-electron chi connectivity index (χ2n) is 4.79. The molecular weight excluding hydrogens is 330 g/mol. The summed E-state index contributed by atoms with van der Waals surface area (Å²) in [4.78, 5) is 12.5. The van der Waals surface area contributed by atoms with Crippen molar-refractivity contribution in [3.8, 4) is 5.75 Å². The summed E-state index contributed by atoms with van der Waals surface area (Å²) in [5.41, 5.74) is 2.64. The number of carbonyl (C=O) groups is 1. The third kappa shape index (κ3) is 3.85. The van der Waals surface area contributed by atoms with Gasteiger partial charge in [-0.2, -0.15) is 0 Å². The van der Waals surface area contributed by atoms with Gasteiger partial charge >= 0.3 is 0 Å². The standard InChI is InChI=1S/C17H18BrNO2/c1-12-8-9-16(21-2)14(10-12)17(20)19-15(11-18)13-6-4-3-5-7-13/h3-10,15H,11H2,1-2H3,(H,19,20). The number of hydrogen-bond acceptors (Lipinski definition) is 2. The lowest BCUT2D eigenvalue weighted by atomic mass is 10.1. The highest BCUT2D eigenvalue weighted by molar-refractivity contribution is 9.09. The number of benzene rings is 2. The van der Waals surface area contributed by atoms with Gasteiger partial charge in [-0.05, 0) is 24.6 Å². The van der Waals surface area contributed by atoms with Crippen LogP contribution in [-0.4, -0.2) is 18.3 Å². The largest absolute Gasteiger partial charge is 0.496 e. The van der Waals surface area contributed by atoms with Crippen molar-refractivity contribution in [3.63, 3.8) is 0 Å². The first-order chi connectivity index (χ1) is 10.2. The van der Waals surface area contributed by atoms with E-state index in [0.29, 0.717) is 16.6 Å². The van der Waals surface area contributed by atoms with Gasteiger partial charge in [0.15, 0.2) is 0 Å². The lowest BCUT2D eigenvalue weighted by molar-refractivity contribution is 0.0937. The number of rotatable bonds is 5. The SMILES string of the molecule is COc1ccc(C)cc1C(=O)NC(CBr)c1ccccc1. The van der Waals surface area contributed by atoms with Crippen molar-refractivity contribution in [2.24, 2.45) is 0 Å². The van der Waals surface area contributed by atoms with Gasteiger partial charge in [0.05, 0.1) is 18.7 Å². The molecule has 0 aromatic heterocycles. The summed E-state index contributed by atoms with van der Waals surface area (Å²) >= 11 is 3.46. The molecule has 21 heavy (non-hydrogen) atoms. The molecule has 4 heteroatoms. The molecule has 0 bridgehead atoms. The van der Waals surface area contributed by atoms with Crippen LogP contribution in [0.5, 0.6) is 5.75 Å². The number of aryl methyl sites for hydroxylation is 1. The van der Waals surface area contributed by atoms with Crippen molar-refractivity contribution >= 4 is 21.8 Å². The number of nitrogens with one attached hydrogen (secondary N) is 1. The Balaban J connectivity index is 2.22. The van der Waals surface area contributed by atoms with Gasteiger partial charge in [0, 0.05) is 5.33 Å². The summed E-state index contributed by atoms with van der Waals surface area (Å²) in [6.45, 7) is 1.95. The van der Waals surface area contributed by atoms with Crippen LogP contribution in [0.1, 0.15) is 27.5 Å². The fourth-order valence-electron chi connectivity index (χ4n) is 2.13. The second-order valence-corrected chi connectivity index (χ2v) is 5.44. The van der Waals surface area contributed by atoms with Gasteiger partial charge in [-0.15, -0.1) is 0 Å². The Bertz CT molecular complexity index is 613. The van der Waals surface area contributed by atoms with Crippen molar-refractivity contribution in [1.29, 1.82) is 0 Å². The molecular formula is C17H18BrNO2. The van der Waals surface area contributed by atoms with Gasteiger partial charge in [0.25, 0.3) is 5.91 Å². The van der Waals surface area contributed by atoms with E-state index < -0.39 is 0 Å². The number of methoxy groups -OCH3 is 1. The minimum atomic E-state index is -0.135. The van der Waals surface area contributed by atoms with Crippen molar-refractivity contribution in [2.45, 2.75) is 13.0 Å². The van der Waals surface area contributed by atoms with E-state index in [4.69, 9.17) is 4.74 Å². The van der Waals surface area contributed by atoms with Crippen LogP contribution in [0.4, 0.5) is 0 Å². The molecule has 0 spiro atoms. The molecule has 110 valence electrons. The van der Waals surface area contributed by atoms with Gasteiger partial charge in [0.1, 0.15) is 5.75 Å². The molecule has 0 aliphatic rings. The van der Waals surface area contributed by atoms with Crippen molar-refractivity contribution in [1.82, 2.24) is 5.32 Å². The van der Waals surface area contributed by atoms with Crippen LogP contribution in [0, 0.1) is 6.92 Å². The molecule has 0 saturated heterocycles. The lowest BCUT2D eigenvalue weighted by Gasteiger charge is -2.18. The zero-order chi connectivity index (χ0) is 15.2. The maximum atomic E-state index is 12.5. The molecule has 3 nitrogen and oxygen atoms in total. The molecule has 2 aromatic carbocycles. The molecule has 1 unspecified atom stereocenters. The van der Waals surface area contributed by atoms with Crippen LogP contribution in [0.2, 0.25) is 0 Å². The first kappa shape index (κ1) is 15.6. The van der Waals surface area contributed by atoms with Crippen LogP contribution in [0.3, 0.4) is 0 Å². The van der Waals surface area contributed by atoms with E-state index in [1.165, 1.54) is 0 Å². The predicted molar refractivity (Wildman–Crippen MR) is 88.2 cm³/mol. The zero-order valence-corrected chi connectivity index (χ0v) is 13.7. The zero-order valence-electron chi connectivity index (χ0n) is 12.1. The van der Waals surface area contributed by atoms with E-state index in [-0.39, 0.29) is 11.9 Å². The number of halogens is 1. The van der Waals surface area contributed by atoms with Crippen molar-refractivity contribution in [3.05, 3.63) is 65.2 Å².